The van der Waals surface area contributed by atoms with Gasteiger partial charge in [-0.2, -0.15) is 11.8 Å². The molecule has 19 heteroatoms. The first-order valence-electron chi connectivity index (χ1n) is 19.0. The van der Waals surface area contributed by atoms with Gasteiger partial charge in [-0.05, 0) is 41.9 Å². The van der Waals surface area contributed by atoms with Crippen molar-refractivity contribution in [1.82, 2.24) is 26.2 Å². The van der Waals surface area contributed by atoms with Crippen LogP contribution in [-0.4, -0.2) is 124 Å². The highest BCUT2D eigenvalue weighted by molar-refractivity contribution is 7.98. The molecular formula is C40H56N8O10S. The number of aliphatic carboxylic acids is 2. The average Bonchev–Trinajstić information content (AvgIpc) is 3.18. The molecule has 18 nitrogen and oxygen atoms in total. The Kier molecular flexibility index (Phi) is 21.2. The topological polar surface area (TPSA) is 293 Å². The third kappa shape index (κ3) is 18.4. The van der Waals surface area contributed by atoms with Gasteiger partial charge in [-0.3, -0.25) is 43.3 Å². The van der Waals surface area contributed by atoms with Crippen LogP contribution in [-0.2, 0) is 51.2 Å². The fourth-order valence-corrected chi connectivity index (χ4v) is 6.30. The summed E-state index contributed by atoms with van der Waals surface area (Å²) in [5, 5.41) is 28.6. The van der Waals surface area contributed by atoms with Gasteiger partial charge in [0.2, 0.25) is 35.4 Å². The fraction of sp³-hybridized carbons (Fsp3) is 0.475. The summed E-state index contributed by atoms with van der Waals surface area (Å²) in [6.07, 6.45) is 0.451. The lowest BCUT2D eigenvalue weighted by atomic mass is 10.0. The lowest BCUT2D eigenvalue weighted by molar-refractivity contribution is -0.143. The van der Waals surface area contributed by atoms with Crippen LogP contribution in [0.3, 0.4) is 0 Å². The van der Waals surface area contributed by atoms with E-state index in [1.54, 1.807) is 60.7 Å². The fourth-order valence-electron chi connectivity index (χ4n) is 5.83. The first-order chi connectivity index (χ1) is 27.9. The molecule has 0 aliphatic carbocycles. The molecule has 0 aliphatic heterocycles. The molecule has 6 amide bonds. The highest BCUT2D eigenvalue weighted by Gasteiger charge is 2.35. The van der Waals surface area contributed by atoms with E-state index in [1.165, 1.54) is 18.8 Å². The maximum atomic E-state index is 14.4. The minimum absolute atomic E-state index is 0.00182. The standard InChI is InChI=1S/C40H56N8O10S/c1-24(2)19-28(37(55)46-27(36(42)54)17-18-59-4)44-32(41)23-43-39(57)31(21-26-13-9-6-10-14-26)48(3)40(58)30(20-25-11-7-5-8-12-25)47-38(56)29(22-35(52)53)45-33(49)15-16-34(50)51/h5-14,24,27-31H,15-23H2,1-4H3,(H2,41,44)(H2,42,54)(H,43,57)(H,45,49)(H,46,55)(H,47,56)(H,50,51)(H,52,53)/t27-,28-,29-,30-,31-/m0/s1. The zero-order chi connectivity index (χ0) is 44.1. The van der Waals surface area contributed by atoms with Crippen molar-refractivity contribution >= 4 is 65.0 Å². The van der Waals surface area contributed by atoms with Crippen LogP contribution in [0.5, 0.6) is 0 Å². The van der Waals surface area contributed by atoms with Crippen molar-refractivity contribution in [3.05, 3.63) is 71.8 Å². The van der Waals surface area contributed by atoms with Crippen molar-refractivity contribution in [3.8, 4) is 0 Å². The number of benzene rings is 2. The quantitative estimate of drug-likeness (QED) is 0.0467. The lowest BCUT2D eigenvalue weighted by Gasteiger charge is -2.32. The van der Waals surface area contributed by atoms with Crippen LogP contribution >= 0.6 is 11.8 Å². The number of carboxylic acids is 2. The number of nitrogens with one attached hydrogen (secondary N) is 4. The summed E-state index contributed by atoms with van der Waals surface area (Å²) in [6, 6.07) is 11.3. The molecule has 0 spiro atoms. The van der Waals surface area contributed by atoms with Crippen LogP contribution in [0.25, 0.3) is 0 Å². The molecule has 0 saturated carbocycles. The Morgan fingerprint density at radius 3 is 1.85 bits per heavy atom. The Labute approximate surface area is 347 Å². The summed E-state index contributed by atoms with van der Waals surface area (Å²) in [6.45, 7) is 3.45. The first kappa shape index (κ1) is 49.2. The summed E-state index contributed by atoms with van der Waals surface area (Å²) in [5.74, 6) is -6.74. The molecule has 10 N–H and O–H groups in total. The number of amides is 6. The van der Waals surface area contributed by atoms with E-state index in [9.17, 15) is 43.5 Å². The highest BCUT2D eigenvalue weighted by Crippen LogP contribution is 2.14. The number of thioether (sulfide) groups is 1. The van der Waals surface area contributed by atoms with Crippen molar-refractivity contribution in [2.45, 2.75) is 89.0 Å². The number of amidine groups is 1. The van der Waals surface area contributed by atoms with Gasteiger partial charge in [-0.25, -0.2) is 0 Å². The summed E-state index contributed by atoms with van der Waals surface area (Å²) in [5.41, 5.74) is 13.1. The van der Waals surface area contributed by atoms with E-state index in [0.717, 1.165) is 4.90 Å². The van der Waals surface area contributed by atoms with E-state index in [2.05, 4.69) is 26.3 Å². The number of primary amides is 1. The summed E-state index contributed by atoms with van der Waals surface area (Å²) >= 11 is 1.49. The summed E-state index contributed by atoms with van der Waals surface area (Å²) < 4.78 is 0. The molecule has 0 fully saturated rings. The lowest BCUT2D eigenvalue weighted by Crippen LogP contribution is -2.58. The van der Waals surface area contributed by atoms with Crippen LogP contribution in [0, 0.1) is 5.92 Å². The van der Waals surface area contributed by atoms with Gasteiger partial charge in [0.25, 0.3) is 0 Å². The molecule has 2 rings (SSSR count). The minimum atomic E-state index is -1.66. The summed E-state index contributed by atoms with van der Waals surface area (Å²) in [4.78, 5) is 108. The Morgan fingerprint density at radius 1 is 0.746 bits per heavy atom. The van der Waals surface area contributed by atoms with E-state index in [0.29, 0.717) is 23.3 Å². The van der Waals surface area contributed by atoms with E-state index >= 15 is 0 Å². The number of likely N-dealkylation sites (N-methyl/N-ethyl adjacent to an activating group) is 1. The molecular weight excluding hydrogens is 785 g/mol. The summed E-state index contributed by atoms with van der Waals surface area (Å²) in [7, 11) is 1.37. The Hall–Kier alpha value is -5.98. The number of hydrogen-bond acceptors (Lipinski definition) is 10. The van der Waals surface area contributed by atoms with Crippen molar-refractivity contribution in [2.24, 2.45) is 22.4 Å². The van der Waals surface area contributed by atoms with Gasteiger partial charge in [0, 0.05) is 26.3 Å². The maximum absolute atomic E-state index is 14.4. The zero-order valence-electron chi connectivity index (χ0n) is 33.7. The number of carbonyl (C=O) groups is 8. The average molecular weight is 841 g/mol. The molecule has 2 aromatic carbocycles. The molecule has 0 saturated heterocycles. The van der Waals surface area contributed by atoms with Crippen molar-refractivity contribution in [2.75, 3.05) is 25.6 Å². The molecule has 0 radical (unpaired) electrons. The molecule has 322 valence electrons. The molecule has 59 heavy (non-hydrogen) atoms. The molecule has 0 aromatic heterocycles. The molecule has 0 unspecified atom stereocenters. The number of aliphatic imine (C=N–C) groups is 1. The smallest absolute Gasteiger partial charge is 0.305 e. The van der Waals surface area contributed by atoms with Crippen molar-refractivity contribution in [3.63, 3.8) is 0 Å². The van der Waals surface area contributed by atoms with Gasteiger partial charge in [0.05, 0.1) is 19.4 Å². The minimum Gasteiger partial charge on any atom is -0.481 e. The number of nitrogens with two attached hydrogens (primary N) is 2. The Morgan fingerprint density at radius 2 is 1.32 bits per heavy atom. The van der Waals surface area contributed by atoms with Crippen molar-refractivity contribution in [1.29, 1.82) is 0 Å². The second-order valence-electron chi connectivity index (χ2n) is 14.2. The van der Waals surface area contributed by atoms with Gasteiger partial charge < -0.3 is 47.8 Å². The molecule has 0 heterocycles. The van der Waals surface area contributed by atoms with Gasteiger partial charge in [0.1, 0.15) is 36.0 Å². The maximum Gasteiger partial charge on any atom is 0.305 e. The van der Waals surface area contributed by atoms with E-state index in [1.807, 2.05) is 20.1 Å². The predicted molar refractivity (Wildman–Crippen MR) is 222 cm³/mol. The molecule has 0 aliphatic rings. The number of nitrogens with zero attached hydrogens (tertiary/aromatic N) is 2. The number of carbonyl (C=O) groups excluding carboxylic acids is 6. The largest absolute Gasteiger partial charge is 0.481 e. The van der Waals surface area contributed by atoms with Crippen LogP contribution in [0.15, 0.2) is 65.7 Å². The Balaban J connectivity index is 2.41. The van der Waals surface area contributed by atoms with Crippen molar-refractivity contribution < 1.29 is 48.6 Å². The van der Waals surface area contributed by atoms with Crippen LogP contribution in [0.4, 0.5) is 0 Å². The zero-order valence-corrected chi connectivity index (χ0v) is 34.5. The van der Waals surface area contributed by atoms with E-state index in [4.69, 9.17) is 16.6 Å². The molecule has 0 bridgehead atoms. The molecule has 2 aromatic rings. The monoisotopic (exact) mass is 840 g/mol. The second-order valence-corrected chi connectivity index (χ2v) is 15.2. The predicted octanol–water partition coefficient (Wildman–Crippen LogP) is 0.219. The number of hydrogen-bond donors (Lipinski definition) is 8. The first-order valence-corrected chi connectivity index (χ1v) is 20.4. The van der Waals surface area contributed by atoms with Gasteiger partial charge in [-0.1, -0.05) is 74.5 Å². The second kappa shape index (κ2) is 25.4. The van der Waals surface area contributed by atoms with Crippen LogP contribution in [0.1, 0.15) is 57.1 Å². The Bertz CT molecular complexity index is 1780. The molecule has 5 atom stereocenters. The SMILES string of the molecule is CSCC[C@H](NC(=O)[C@H](CC(C)C)N=C(N)CNC(=O)[C@H](Cc1ccccc1)N(C)C(=O)[C@H](Cc1ccccc1)NC(=O)[C@H](CC(=O)O)NC(=O)CCC(=O)O)C(N)=O. The number of carboxylic acid groups (broad SMARTS) is 2. The van der Waals surface area contributed by atoms with E-state index in [-0.39, 0.29) is 37.6 Å². The van der Waals surface area contributed by atoms with Crippen LogP contribution < -0.4 is 32.7 Å². The third-order valence-corrected chi connectivity index (χ3v) is 9.56. The van der Waals surface area contributed by atoms with Crippen LogP contribution in [0.2, 0.25) is 0 Å². The third-order valence-electron chi connectivity index (χ3n) is 8.92. The highest BCUT2D eigenvalue weighted by atomic mass is 32.2. The normalized spacial score (nSPS) is 13.8. The van der Waals surface area contributed by atoms with Gasteiger partial charge in [0.15, 0.2) is 0 Å². The van der Waals surface area contributed by atoms with Gasteiger partial charge in [-0.15, -0.1) is 0 Å². The van der Waals surface area contributed by atoms with Gasteiger partial charge >= 0.3 is 11.9 Å². The van der Waals surface area contributed by atoms with E-state index < -0.39 is 96.9 Å². The number of rotatable bonds is 26.